The van der Waals surface area contributed by atoms with Crippen molar-refractivity contribution >= 4 is 17.5 Å². The van der Waals surface area contributed by atoms with Crippen LogP contribution in [0.2, 0.25) is 5.15 Å². The zero-order valence-electron chi connectivity index (χ0n) is 9.35. The average molecular weight is 245 g/mol. The van der Waals surface area contributed by atoms with Crippen molar-refractivity contribution in [2.45, 2.75) is 32.7 Å². The molecule has 90 valence electrons. The molecule has 5 nitrogen and oxygen atoms in total. The smallest absolute Gasteiger partial charge is 0.231 e. The molecule has 16 heavy (non-hydrogen) atoms. The number of unbranched alkanes of at least 4 members (excludes halogenated alkanes) is 1. The van der Waals surface area contributed by atoms with Crippen LogP contribution < -0.4 is 11.1 Å². The topological polar surface area (TPSA) is 83.8 Å². The Labute approximate surface area is 99.8 Å². The first kappa shape index (κ1) is 13.0. The van der Waals surface area contributed by atoms with E-state index >= 15 is 0 Å². The van der Waals surface area contributed by atoms with E-state index in [0.29, 0.717) is 11.7 Å². The Balaban J connectivity index is 2.46. The van der Waals surface area contributed by atoms with Gasteiger partial charge in [-0.25, -0.2) is 4.98 Å². The van der Waals surface area contributed by atoms with Crippen LogP contribution in [0.15, 0.2) is 0 Å². The standard InChI is InChI=1S/C10H17ClN4O/c1-2-3-4-9-14-7(10(11)15-9)5-13-6-8(12)16/h13H,2-6H2,1H3,(H2,12,16)(H,14,15). The molecular weight excluding hydrogens is 228 g/mol. The maximum absolute atomic E-state index is 10.5. The normalized spacial score (nSPS) is 10.6. The van der Waals surface area contributed by atoms with Gasteiger partial charge in [0.15, 0.2) is 5.15 Å². The fourth-order valence-electron chi connectivity index (χ4n) is 1.33. The molecule has 1 rings (SSSR count). The highest BCUT2D eigenvalue weighted by Crippen LogP contribution is 2.13. The summed E-state index contributed by atoms with van der Waals surface area (Å²) in [6, 6.07) is 0. The Morgan fingerprint density at radius 3 is 3.00 bits per heavy atom. The third-order valence-electron chi connectivity index (χ3n) is 2.15. The Hall–Kier alpha value is -1.07. The fourth-order valence-corrected chi connectivity index (χ4v) is 1.55. The van der Waals surface area contributed by atoms with E-state index in [4.69, 9.17) is 17.3 Å². The molecule has 1 aromatic rings. The van der Waals surface area contributed by atoms with Crippen LogP contribution in [0.25, 0.3) is 0 Å². The van der Waals surface area contributed by atoms with Gasteiger partial charge in [-0.2, -0.15) is 0 Å². The van der Waals surface area contributed by atoms with Crippen molar-refractivity contribution < 1.29 is 4.79 Å². The van der Waals surface area contributed by atoms with Crippen LogP contribution in [0.4, 0.5) is 0 Å². The number of amides is 1. The Morgan fingerprint density at radius 2 is 2.38 bits per heavy atom. The number of hydrogen-bond acceptors (Lipinski definition) is 3. The summed E-state index contributed by atoms with van der Waals surface area (Å²) in [5.41, 5.74) is 5.81. The Morgan fingerprint density at radius 1 is 1.62 bits per heavy atom. The van der Waals surface area contributed by atoms with Crippen molar-refractivity contribution in [3.8, 4) is 0 Å². The van der Waals surface area contributed by atoms with Gasteiger partial charge in [0.25, 0.3) is 0 Å². The molecule has 0 aliphatic heterocycles. The summed E-state index contributed by atoms with van der Waals surface area (Å²) >= 11 is 5.94. The number of aromatic nitrogens is 2. The summed E-state index contributed by atoms with van der Waals surface area (Å²) in [4.78, 5) is 17.9. The molecule has 1 amide bonds. The minimum absolute atomic E-state index is 0.139. The summed E-state index contributed by atoms with van der Waals surface area (Å²) in [6.45, 7) is 2.74. The first-order chi connectivity index (χ1) is 7.63. The monoisotopic (exact) mass is 244 g/mol. The number of H-pyrrole nitrogens is 1. The number of primary amides is 1. The number of aromatic amines is 1. The maximum Gasteiger partial charge on any atom is 0.231 e. The molecular formula is C10H17ClN4O. The summed E-state index contributed by atoms with van der Waals surface area (Å²) in [5.74, 6) is 0.504. The molecule has 0 unspecified atom stereocenters. The lowest BCUT2D eigenvalue weighted by molar-refractivity contribution is -0.117. The molecule has 1 aromatic heterocycles. The number of carbonyl (C=O) groups is 1. The minimum Gasteiger partial charge on any atom is -0.369 e. The van der Waals surface area contributed by atoms with Crippen LogP contribution in [-0.2, 0) is 17.8 Å². The number of rotatable bonds is 7. The first-order valence-corrected chi connectivity index (χ1v) is 5.73. The molecule has 0 bridgehead atoms. The van der Waals surface area contributed by atoms with Gasteiger partial charge in [0.2, 0.25) is 5.91 Å². The molecule has 0 saturated heterocycles. The summed E-state index contributed by atoms with van der Waals surface area (Å²) < 4.78 is 0. The van der Waals surface area contributed by atoms with E-state index in [1.807, 2.05) is 0 Å². The molecule has 1 heterocycles. The highest BCUT2D eigenvalue weighted by Gasteiger charge is 2.07. The zero-order valence-corrected chi connectivity index (χ0v) is 10.1. The van der Waals surface area contributed by atoms with Crippen molar-refractivity contribution in [3.05, 3.63) is 16.7 Å². The van der Waals surface area contributed by atoms with Gasteiger partial charge in [-0.15, -0.1) is 0 Å². The summed E-state index contributed by atoms with van der Waals surface area (Å²) in [5, 5.41) is 3.34. The lowest BCUT2D eigenvalue weighted by Gasteiger charge is -1.99. The number of hydrogen-bond donors (Lipinski definition) is 3. The molecule has 4 N–H and O–H groups in total. The number of imidazole rings is 1. The van der Waals surface area contributed by atoms with Crippen LogP contribution >= 0.6 is 11.6 Å². The molecule has 0 fully saturated rings. The van der Waals surface area contributed by atoms with Gasteiger partial charge in [-0.3, -0.25) is 4.79 Å². The van der Waals surface area contributed by atoms with Gasteiger partial charge in [0.1, 0.15) is 5.82 Å². The van der Waals surface area contributed by atoms with Gasteiger partial charge >= 0.3 is 0 Å². The molecule has 0 aliphatic carbocycles. The van der Waals surface area contributed by atoms with Crippen LogP contribution in [-0.4, -0.2) is 22.4 Å². The molecule has 0 radical (unpaired) electrons. The number of nitrogens with two attached hydrogens (primary N) is 1. The Kier molecular flexibility index (Phi) is 5.28. The summed E-state index contributed by atoms with van der Waals surface area (Å²) in [7, 11) is 0. The van der Waals surface area contributed by atoms with E-state index < -0.39 is 0 Å². The van der Waals surface area contributed by atoms with Crippen molar-refractivity contribution in [1.29, 1.82) is 0 Å². The van der Waals surface area contributed by atoms with Crippen molar-refractivity contribution in [2.75, 3.05) is 6.54 Å². The largest absolute Gasteiger partial charge is 0.369 e. The second-order valence-electron chi connectivity index (χ2n) is 3.63. The van der Waals surface area contributed by atoms with Gasteiger partial charge in [0, 0.05) is 13.0 Å². The SMILES string of the molecule is CCCCc1nc(Cl)c(CNCC(N)=O)[nH]1. The van der Waals surface area contributed by atoms with Gasteiger partial charge in [-0.05, 0) is 6.42 Å². The minimum atomic E-state index is -0.387. The van der Waals surface area contributed by atoms with Crippen LogP contribution in [0.5, 0.6) is 0 Å². The zero-order chi connectivity index (χ0) is 12.0. The average Bonchev–Trinajstić information content (AvgIpc) is 2.56. The molecule has 6 heteroatoms. The second-order valence-corrected chi connectivity index (χ2v) is 3.98. The highest BCUT2D eigenvalue weighted by atomic mass is 35.5. The van der Waals surface area contributed by atoms with Crippen molar-refractivity contribution in [1.82, 2.24) is 15.3 Å². The predicted molar refractivity (Wildman–Crippen MR) is 63.1 cm³/mol. The van der Waals surface area contributed by atoms with Crippen LogP contribution in [0, 0.1) is 0 Å². The van der Waals surface area contributed by atoms with Gasteiger partial charge < -0.3 is 16.0 Å². The quantitative estimate of drug-likeness (QED) is 0.669. The van der Waals surface area contributed by atoms with E-state index in [1.54, 1.807) is 0 Å². The number of aryl methyl sites for hydroxylation is 1. The van der Waals surface area contributed by atoms with Gasteiger partial charge in [-0.1, -0.05) is 24.9 Å². The Bertz CT molecular complexity index is 351. The number of carbonyl (C=O) groups excluding carboxylic acids is 1. The maximum atomic E-state index is 10.5. The number of nitrogens with zero attached hydrogens (tertiary/aromatic N) is 1. The number of halogens is 1. The predicted octanol–water partition coefficient (Wildman–Crippen LogP) is 0.981. The van der Waals surface area contributed by atoms with E-state index in [2.05, 4.69) is 22.2 Å². The van der Waals surface area contributed by atoms with E-state index in [0.717, 1.165) is 30.8 Å². The molecule has 0 saturated carbocycles. The summed E-state index contributed by atoms with van der Waals surface area (Å²) in [6.07, 6.45) is 3.09. The molecule has 0 aromatic carbocycles. The second kappa shape index (κ2) is 6.50. The van der Waals surface area contributed by atoms with Crippen LogP contribution in [0.1, 0.15) is 31.3 Å². The van der Waals surface area contributed by atoms with E-state index in [-0.39, 0.29) is 12.5 Å². The molecule has 0 aliphatic rings. The van der Waals surface area contributed by atoms with Gasteiger partial charge in [0.05, 0.1) is 12.2 Å². The molecule has 0 spiro atoms. The van der Waals surface area contributed by atoms with E-state index in [9.17, 15) is 4.79 Å². The van der Waals surface area contributed by atoms with Crippen molar-refractivity contribution in [2.24, 2.45) is 5.73 Å². The van der Waals surface area contributed by atoms with Crippen LogP contribution in [0.3, 0.4) is 0 Å². The van der Waals surface area contributed by atoms with E-state index in [1.165, 1.54) is 0 Å². The highest BCUT2D eigenvalue weighted by molar-refractivity contribution is 6.30. The number of nitrogens with one attached hydrogen (secondary N) is 2. The van der Waals surface area contributed by atoms with Crippen molar-refractivity contribution in [3.63, 3.8) is 0 Å². The fraction of sp³-hybridized carbons (Fsp3) is 0.600. The lowest BCUT2D eigenvalue weighted by atomic mass is 10.2. The third-order valence-corrected chi connectivity index (χ3v) is 2.46. The first-order valence-electron chi connectivity index (χ1n) is 5.35. The third kappa shape index (κ3) is 4.20. The lowest BCUT2D eigenvalue weighted by Crippen LogP contribution is -2.28. The molecule has 0 atom stereocenters.